The van der Waals surface area contributed by atoms with Gasteiger partial charge in [-0.05, 0) is 31.0 Å². The summed E-state index contributed by atoms with van der Waals surface area (Å²) in [6, 6.07) is 3.27. The summed E-state index contributed by atoms with van der Waals surface area (Å²) in [5.74, 6) is -0.835. The molecule has 0 aromatic heterocycles. The molecule has 1 fully saturated rings. The number of halogens is 2. The minimum Gasteiger partial charge on any atom is -0.381 e. The summed E-state index contributed by atoms with van der Waals surface area (Å²) >= 11 is 0. The predicted octanol–water partition coefficient (Wildman–Crippen LogP) is 2.05. The van der Waals surface area contributed by atoms with Crippen LogP contribution in [-0.4, -0.2) is 23.3 Å². The van der Waals surface area contributed by atoms with Crippen molar-refractivity contribution in [2.75, 3.05) is 13.3 Å². The van der Waals surface area contributed by atoms with Gasteiger partial charge < -0.3 is 5.11 Å². The lowest BCUT2D eigenvalue weighted by Crippen LogP contribution is -2.24. The van der Waals surface area contributed by atoms with E-state index in [0.717, 1.165) is 31.5 Å². The first-order valence-electron chi connectivity index (χ1n) is 5.02. The average molecular weight is 213 g/mol. The number of benzene rings is 1. The largest absolute Gasteiger partial charge is 0.381 e. The van der Waals surface area contributed by atoms with Crippen molar-refractivity contribution in [3.63, 3.8) is 0 Å². The van der Waals surface area contributed by atoms with Crippen LogP contribution in [0.4, 0.5) is 8.78 Å². The molecule has 1 aliphatic rings. The Kier molecular flexibility index (Phi) is 2.98. The van der Waals surface area contributed by atoms with Gasteiger partial charge in [0.15, 0.2) is 0 Å². The van der Waals surface area contributed by atoms with Gasteiger partial charge in [-0.15, -0.1) is 0 Å². The molecule has 1 heterocycles. The molecule has 1 N–H and O–H groups in total. The second-order valence-electron chi connectivity index (χ2n) is 3.78. The van der Waals surface area contributed by atoms with Crippen LogP contribution >= 0.6 is 0 Å². The number of nitrogens with zero attached hydrogens (tertiary/aromatic N) is 1. The molecule has 1 saturated heterocycles. The first-order valence-corrected chi connectivity index (χ1v) is 5.02. The molecule has 2 nitrogen and oxygen atoms in total. The van der Waals surface area contributed by atoms with Crippen molar-refractivity contribution >= 4 is 0 Å². The molecule has 0 spiro atoms. The average Bonchev–Trinajstić information content (AvgIpc) is 2.69. The first-order chi connectivity index (χ1) is 7.22. The van der Waals surface area contributed by atoms with Crippen molar-refractivity contribution in [2.24, 2.45) is 0 Å². The van der Waals surface area contributed by atoms with E-state index in [0.29, 0.717) is 5.56 Å². The molecule has 0 radical (unpaired) electrons. The first kappa shape index (κ1) is 10.5. The second-order valence-corrected chi connectivity index (χ2v) is 3.78. The van der Waals surface area contributed by atoms with Crippen LogP contribution in [0, 0.1) is 11.6 Å². The summed E-state index contributed by atoms with van der Waals surface area (Å²) in [5.41, 5.74) is 0.349. The molecule has 1 atom stereocenters. The smallest absolute Gasteiger partial charge is 0.128 e. The summed E-state index contributed by atoms with van der Waals surface area (Å²) in [4.78, 5) is 1.75. The molecular weight excluding hydrogens is 200 g/mol. The van der Waals surface area contributed by atoms with Crippen LogP contribution in [0.2, 0.25) is 0 Å². The molecule has 1 aliphatic heterocycles. The lowest BCUT2D eigenvalue weighted by Gasteiger charge is -2.22. The van der Waals surface area contributed by atoms with E-state index >= 15 is 0 Å². The van der Waals surface area contributed by atoms with Gasteiger partial charge in [0, 0.05) is 18.2 Å². The third kappa shape index (κ3) is 2.01. The van der Waals surface area contributed by atoms with Gasteiger partial charge in [-0.25, -0.2) is 8.78 Å². The Morgan fingerprint density at radius 3 is 2.93 bits per heavy atom. The van der Waals surface area contributed by atoms with Crippen molar-refractivity contribution < 1.29 is 13.9 Å². The minimum absolute atomic E-state index is 0.110. The molecule has 0 unspecified atom stereocenters. The zero-order valence-electron chi connectivity index (χ0n) is 8.29. The Balaban J connectivity index is 2.31. The van der Waals surface area contributed by atoms with Crippen LogP contribution in [0.1, 0.15) is 24.4 Å². The van der Waals surface area contributed by atoms with Gasteiger partial charge in [0.25, 0.3) is 0 Å². The van der Waals surface area contributed by atoms with E-state index in [1.54, 1.807) is 4.90 Å². The molecular formula is C11H13F2NO. The van der Waals surface area contributed by atoms with Crippen LogP contribution in [0.15, 0.2) is 18.2 Å². The SMILES string of the molecule is OCN1CCC[C@@H]1c1cc(F)ccc1F. The topological polar surface area (TPSA) is 23.5 Å². The standard InChI is InChI=1S/C11H13F2NO/c12-8-3-4-10(13)9(6-8)11-2-1-5-14(11)7-15/h3-4,6,11,15H,1-2,5,7H2/t11-/m1/s1. The molecule has 1 aromatic carbocycles. The number of hydrogen-bond donors (Lipinski definition) is 1. The van der Waals surface area contributed by atoms with Gasteiger partial charge in [0.05, 0.1) is 6.73 Å². The van der Waals surface area contributed by atoms with E-state index in [1.165, 1.54) is 6.07 Å². The third-order valence-corrected chi connectivity index (χ3v) is 2.86. The van der Waals surface area contributed by atoms with Crippen LogP contribution in [0.25, 0.3) is 0 Å². The van der Waals surface area contributed by atoms with E-state index in [-0.39, 0.29) is 12.8 Å². The predicted molar refractivity (Wildman–Crippen MR) is 52.1 cm³/mol. The van der Waals surface area contributed by atoms with Crippen LogP contribution in [0.3, 0.4) is 0 Å². The highest BCUT2D eigenvalue weighted by molar-refractivity contribution is 5.23. The lowest BCUT2D eigenvalue weighted by molar-refractivity contribution is 0.0949. The summed E-state index contributed by atoms with van der Waals surface area (Å²) in [5, 5.41) is 9.07. The molecule has 15 heavy (non-hydrogen) atoms. The number of hydrogen-bond acceptors (Lipinski definition) is 2. The molecule has 0 saturated carbocycles. The Morgan fingerprint density at radius 1 is 1.40 bits per heavy atom. The summed E-state index contributed by atoms with van der Waals surface area (Å²) in [7, 11) is 0. The van der Waals surface area contributed by atoms with Gasteiger partial charge in [-0.3, -0.25) is 4.90 Å². The minimum atomic E-state index is -0.434. The molecule has 1 aromatic rings. The van der Waals surface area contributed by atoms with Crippen LogP contribution < -0.4 is 0 Å². The fraction of sp³-hybridized carbons (Fsp3) is 0.455. The van der Waals surface area contributed by atoms with Crippen molar-refractivity contribution in [1.29, 1.82) is 0 Å². The van der Waals surface area contributed by atoms with Crippen molar-refractivity contribution in [3.8, 4) is 0 Å². The maximum atomic E-state index is 13.5. The molecule has 2 rings (SSSR count). The molecule has 0 aliphatic carbocycles. The molecule has 0 amide bonds. The van der Waals surface area contributed by atoms with Gasteiger partial charge in [0.2, 0.25) is 0 Å². The maximum absolute atomic E-state index is 13.5. The van der Waals surface area contributed by atoms with Gasteiger partial charge in [0.1, 0.15) is 11.6 Å². The molecule has 0 bridgehead atoms. The number of likely N-dealkylation sites (tertiary alicyclic amines) is 1. The molecule has 4 heteroatoms. The monoisotopic (exact) mass is 213 g/mol. The van der Waals surface area contributed by atoms with Crippen LogP contribution in [0.5, 0.6) is 0 Å². The number of aliphatic hydroxyl groups excluding tert-OH is 1. The molecule has 82 valence electrons. The lowest BCUT2D eigenvalue weighted by atomic mass is 10.0. The van der Waals surface area contributed by atoms with Gasteiger partial charge in [-0.1, -0.05) is 0 Å². The fourth-order valence-electron chi connectivity index (χ4n) is 2.12. The number of rotatable bonds is 2. The summed E-state index contributed by atoms with van der Waals surface area (Å²) in [6.07, 6.45) is 1.67. The van der Waals surface area contributed by atoms with Gasteiger partial charge in [-0.2, -0.15) is 0 Å². The summed E-state index contributed by atoms with van der Waals surface area (Å²) < 4.78 is 26.4. The van der Waals surface area contributed by atoms with E-state index in [4.69, 9.17) is 5.11 Å². The highest BCUT2D eigenvalue weighted by Crippen LogP contribution is 2.32. The Hall–Kier alpha value is -1.00. The van der Waals surface area contributed by atoms with Crippen LogP contribution in [-0.2, 0) is 0 Å². The normalized spacial score (nSPS) is 22.2. The number of aliphatic hydroxyl groups is 1. The summed E-state index contributed by atoms with van der Waals surface area (Å²) in [6.45, 7) is 0.623. The highest BCUT2D eigenvalue weighted by atomic mass is 19.1. The van der Waals surface area contributed by atoms with Crippen molar-refractivity contribution in [1.82, 2.24) is 4.90 Å². The highest BCUT2D eigenvalue weighted by Gasteiger charge is 2.27. The van der Waals surface area contributed by atoms with E-state index in [1.807, 2.05) is 0 Å². The van der Waals surface area contributed by atoms with E-state index in [9.17, 15) is 8.78 Å². The fourth-order valence-corrected chi connectivity index (χ4v) is 2.12. The Labute approximate surface area is 87.1 Å². The van der Waals surface area contributed by atoms with Crippen molar-refractivity contribution in [2.45, 2.75) is 18.9 Å². The van der Waals surface area contributed by atoms with Gasteiger partial charge >= 0.3 is 0 Å². The second kappa shape index (κ2) is 4.24. The zero-order valence-corrected chi connectivity index (χ0v) is 8.29. The third-order valence-electron chi connectivity index (χ3n) is 2.86. The van der Waals surface area contributed by atoms with E-state index < -0.39 is 11.6 Å². The zero-order chi connectivity index (χ0) is 10.8. The van der Waals surface area contributed by atoms with E-state index in [2.05, 4.69) is 0 Å². The quantitative estimate of drug-likeness (QED) is 0.812. The van der Waals surface area contributed by atoms with Crippen molar-refractivity contribution in [3.05, 3.63) is 35.4 Å². The Morgan fingerprint density at radius 2 is 2.20 bits per heavy atom. The maximum Gasteiger partial charge on any atom is 0.128 e. The Bertz CT molecular complexity index is 356.